The lowest BCUT2D eigenvalue weighted by Crippen LogP contribution is -2.44. The monoisotopic (exact) mass is 484 g/mol. The van der Waals surface area contributed by atoms with Gasteiger partial charge in [-0.2, -0.15) is 0 Å². The van der Waals surface area contributed by atoms with Crippen molar-refractivity contribution in [2.24, 2.45) is 0 Å². The van der Waals surface area contributed by atoms with E-state index in [1.807, 2.05) is 66.9 Å². The summed E-state index contributed by atoms with van der Waals surface area (Å²) >= 11 is 1.36. The summed E-state index contributed by atoms with van der Waals surface area (Å²) in [7, 11) is -3.07. The molecule has 0 spiro atoms. The van der Waals surface area contributed by atoms with Gasteiger partial charge in [-0.05, 0) is 38.0 Å². The molecule has 2 unspecified atom stereocenters. The van der Waals surface area contributed by atoms with E-state index in [2.05, 4.69) is 22.3 Å². The van der Waals surface area contributed by atoms with Crippen molar-refractivity contribution >= 4 is 27.5 Å². The van der Waals surface area contributed by atoms with Gasteiger partial charge in [-0.1, -0.05) is 60.3 Å². The summed E-state index contributed by atoms with van der Waals surface area (Å²) in [6.07, 6.45) is 1.12. The molecule has 4 rings (SSSR count). The minimum Gasteiger partial charge on any atom is -0.338 e. The number of rotatable bonds is 8. The highest BCUT2D eigenvalue weighted by molar-refractivity contribution is 8.00. The van der Waals surface area contributed by atoms with Crippen molar-refractivity contribution in [3.63, 3.8) is 0 Å². The summed E-state index contributed by atoms with van der Waals surface area (Å²) in [5, 5.41) is 9.09. The standard InChI is InChI=1S/C24H28N4O3S2/c1-3-27(21-14-15-33(30,31)17-21)23(29)18(2)32-24-26-25-22(16-19-10-6-4-7-11-19)28(24)20-12-8-5-9-13-20/h4-13,18,21H,3,14-17H2,1-2H3. The van der Waals surface area contributed by atoms with Gasteiger partial charge in [-0.15, -0.1) is 10.2 Å². The van der Waals surface area contributed by atoms with Crippen molar-refractivity contribution in [3.8, 4) is 5.69 Å². The van der Waals surface area contributed by atoms with Crippen LogP contribution in [0.3, 0.4) is 0 Å². The normalized spacial score (nSPS) is 18.2. The molecule has 7 nitrogen and oxygen atoms in total. The Labute approximate surface area is 199 Å². The fourth-order valence-electron chi connectivity index (χ4n) is 4.16. The number of carbonyl (C=O) groups excluding carboxylic acids is 1. The Morgan fingerprint density at radius 1 is 1.12 bits per heavy atom. The first-order chi connectivity index (χ1) is 15.9. The molecule has 9 heteroatoms. The van der Waals surface area contributed by atoms with E-state index in [0.29, 0.717) is 24.5 Å². The van der Waals surface area contributed by atoms with Crippen LogP contribution in [-0.4, -0.2) is 63.3 Å². The van der Waals surface area contributed by atoms with Crippen molar-refractivity contribution in [2.75, 3.05) is 18.1 Å². The molecule has 2 atom stereocenters. The first kappa shape index (κ1) is 23.5. The average Bonchev–Trinajstić information content (AvgIpc) is 3.37. The van der Waals surface area contributed by atoms with Gasteiger partial charge < -0.3 is 4.90 Å². The van der Waals surface area contributed by atoms with Crippen LogP contribution in [-0.2, 0) is 21.1 Å². The average molecular weight is 485 g/mol. The highest BCUT2D eigenvalue weighted by atomic mass is 32.2. The minimum atomic E-state index is -3.07. The number of sulfone groups is 1. The number of benzene rings is 2. The predicted molar refractivity (Wildman–Crippen MR) is 130 cm³/mol. The van der Waals surface area contributed by atoms with E-state index in [1.165, 1.54) is 11.8 Å². The van der Waals surface area contributed by atoms with Crippen molar-refractivity contribution in [1.82, 2.24) is 19.7 Å². The Bertz CT molecular complexity index is 1200. The summed E-state index contributed by atoms with van der Waals surface area (Å²) in [5.41, 5.74) is 2.06. The number of para-hydroxylation sites is 1. The molecule has 33 heavy (non-hydrogen) atoms. The second-order valence-electron chi connectivity index (χ2n) is 8.17. The zero-order chi connectivity index (χ0) is 23.4. The van der Waals surface area contributed by atoms with E-state index >= 15 is 0 Å². The molecule has 3 aromatic rings. The number of hydrogen-bond acceptors (Lipinski definition) is 6. The molecule has 1 fully saturated rings. The van der Waals surface area contributed by atoms with Gasteiger partial charge in [0.2, 0.25) is 5.91 Å². The van der Waals surface area contributed by atoms with Crippen LogP contribution >= 0.6 is 11.8 Å². The Kier molecular flexibility index (Phi) is 7.19. The summed E-state index contributed by atoms with van der Waals surface area (Å²) in [6, 6.07) is 19.7. The van der Waals surface area contributed by atoms with Crippen LogP contribution in [0.25, 0.3) is 5.69 Å². The van der Waals surface area contributed by atoms with Gasteiger partial charge in [0, 0.05) is 24.7 Å². The van der Waals surface area contributed by atoms with Crippen LogP contribution in [0.5, 0.6) is 0 Å². The maximum Gasteiger partial charge on any atom is 0.236 e. The van der Waals surface area contributed by atoms with Crippen LogP contribution in [0.4, 0.5) is 0 Å². The molecule has 1 aliphatic rings. The lowest BCUT2D eigenvalue weighted by molar-refractivity contribution is -0.131. The smallest absolute Gasteiger partial charge is 0.236 e. The number of aromatic nitrogens is 3. The van der Waals surface area contributed by atoms with E-state index in [4.69, 9.17) is 0 Å². The number of carbonyl (C=O) groups is 1. The Balaban J connectivity index is 1.58. The van der Waals surface area contributed by atoms with Gasteiger partial charge in [0.05, 0.1) is 16.8 Å². The van der Waals surface area contributed by atoms with E-state index in [0.717, 1.165) is 17.1 Å². The van der Waals surface area contributed by atoms with Gasteiger partial charge in [0.15, 0.2) is 15.0 Å². The Morgan fingerprint density at radius 2 is 1.79 bits per heavy atom. The first-order valence-electron chi connectivity index (χ1n) is 11.1. The molecule has 0 saturated carbocycles. The van der Waals surface area contributed by atoms with Crippen LogP contribution in [0.15, 0.2) is 65.8 Å². The van der Waals surface area contributed by atoms with Gasteiger partial charge in [-0.3, -0.25) is 9.36 Å². The number of hydrogen-bond donors (Lipinski definition) is 0. The van der Waals surface area contributed by atoms with Crippen molar-refractivity contribution in [3.05, 3.63) is 72.1 Å². The molecule has 2 heterocycles. The van der Waals surface area contributed by atoms with Crippen LogP contribution in [0.1, 0.15) is 31.7 Å². The maximum atomic E-state index is 13.3. The van der Waals surface area contributed by atoms with Crippen LogP contribution in [0.2, 0.25) is 0 Å². The molecule has 1 saturated heterocycles. The third-order valence-electron chi connectivity index (χ3n) is 5.82. The first-order valence-corrected chi connectivity index (χ1v) is 13.8. The lowest BCUT2D eigenvalue weighted by atomic mass is 10.1. The molecule has 0 radical (unpaired) electrons. The largest absolute Gasteiger partial charge is 0.338 e. The highest BCUT2D eigenvalue weighted by Crippen LogP contribution is 2.29. The van der Waals surface area contributed by atoms with Crippen molar-refractivity contribution in [2.45, 2.75) is 43.1 Å². The second-order valence-corrected chi connectivity index (χ2v) is 11.7. The summed E-state index contributed by atoms with van der Waals surface area (Å²) in [4.78, 5) is 15.0. The molecule has 0 bridgehead atoms. The number of thioether (sulfide) groups is 1. The zero-order valence-electron chi connectivity index (χ0n) is 18.8. The summed E-state index contributed by atoms with van der Waals surface area (Å²) < 4.78 is 25.9. The zero-order valence-corrected chi connectivity index (χ0v) is 20.4. The topological polar surface area (TPSA) is 85.2 Å². The molecule has 1 amide bonds. The van der Waals surface area contributed by atoms with E-state index in [-0.39, 0.29) is 23.5 Å². The van der Waals surface area contributed by atoms with Crippen LogP contribution in [0, 0.1) is 0 Å². The predicted octanol–water partition coefficient (Wildman–Crippen LogP) is 3.37. The van der Waals surface area contributed by atoms with E-state index < -0.39 is 15.1 Å². The molecule has 174 valence electrons. The molecule has 0 aliphatic carbocycles. The van der Waals surface area contributed by atoms with Crippen molar-refractivity contribution in [1.29, 1.82) is 0 Å². The number of amides is 1. The Hall–Kier alpha value is -2.65. The Morgan fingerprint density at radius 3 is 2.39 bits per heavy atom. The fraction of sp³-hybridized carbons (Fsp3) is 0.375. The molecule has 1 aromatic heterocycles. The third-order valence-corrected chi connectivity index (χ3v) is 8.60. The summed E-state index contributed by atoms with van der Waals surface area (Å²) in [6.45, 7) is 4.22. The number of nitrogens with zero attached hydrogens (tertiary/aromatic N) is 4. The van der Waals surface area contributed by atoms with Gasteiger partial charge in [0.25, 0.3) is 0 Å². The summed E-state index contributed by atoms with van der Waals surface area (Å²) in [5.74, 6) is 0.917. The quantitative estimate of drug-likeness (QED) is 0.456. The lowest BCUT2D eigenvalue weighted by Gasteiger charge is -2.29. The fourth-order valence-corrected chi connectivity index (χ4v) is 6.85. The van der Waals surface area contributed by atoms with Gasteiger partial charge in [-0.25, -0.2) is 8.42 Å². The second kappa shape index (κ2) is 10.1. The molecular weight excluding hydrogens is 456 g/mol. The molecule has 1 aliphatic heterocycles. The third kappa shape index (κ3) is 5.47. The van der Waals surface area contributed by atoms with E-state index in [9.17, 15) is 13.2 Å². The molecule has 0 N–H and O–H groups in total. The van der Waals surface area contributed by atoms with E-state index in [1.54, 1.807) is 4.90 Å². The van der Waals surface area contributed by atoms with Crippen LogP contribution < -0.4 is 0 Å². The highest BCUT2D eigenvalue weighted by Gasteiger charge is 2.36. The minimum absolute atomic E-state index is 0.0470. The molecule has 2 aromatic carbocycles. The molecular formula is C24H28N4O3S2. The SMILES string of the molecule is CCN(C(=O)C(C)Sc1nnc(Cc2ccccc2)n1-c1ccccc1)C1CCS(=O)(=O)C1. The van der Waals surface area contributed by atoms with Crippen molar-refractivity contribution < 1.29 is 13.2 Å². The van der Waals surface area contributed by atoms with Gasteiger partial charge >= 0.3 is 0 Å². The maximum absolute atomic E-state index is 13.3. The van der Waals surface area contributed by atoms with Gasteiger partial charge in [0.1, 0.15) is 5.82 Å².